The molecule has 3 amide bonds. The van der Waals surface area contributed by atoms with E-state index in [1.54, 1.807) is 48.2 Å². The number of halogens is 3. The summed E-state index contributed by atoms with van der Waals surface area (Å²) in [6.45, 7) is 7.06. The summed E-state index contributed by atoms with van der Waals surface area (Å²) in [6.07, 6.45) is -2.65. The fourth-order valence-electron chi connectivity index (χ4n) is 6.21. The Labute approximate surface area is 302 Å². The van der Waals surface area contributed by atoms with E-state index in [2.05, 4.69) is 10.6 Å². The predicted octanol–water partition coefficient (Wildman–Crippen LogP) is 7.01. The molecule has 11 nitrogen and oxygen atoms in total. The molecule has 2 aliphatic rings. The number of nitrogens with zero attached hydrogens (tertiary/aromatic N) is 2. The minimum absolute atomic E-state index is 0.107. The van der Waals surface area contributed by atoms with Gasteiger partial charge >= 0.3 is 12.2 Å². The van der Waals surface area contributed by atoms with Crippen LogP contribution in [0.5, 0.6) is 17.2 Å². The molecule has 14 heteroatoms. The highest BCUT2D eigenvalue weighted by Crippen LogP contribution is 2.35. The van der Waals surface area contributed by atoms with E-state index < -0.39 is 23.8 Å². The van der Waals surface area contributed by atoms with Crippen LogP contribution in [-0.4, -0.2) is 85.2 Å². The van der Waals surface area contributed by atoms with Crippen LogP contribution in [0.2, 0.25) is 0 Å². The van der Waals surface area contributed by atoms with Crippen molar-refractivity contribution in [2.45, 2.75) is 71.0 Å². The van der Waals surface area contributed by atoms with Crippen LogP contribution in [0.4, 0.5) is 29.3 Å². The average Bonchev–Trinajstić information content (AvgIpc) is 3.57. The summed E-state index contributed by atoms with van der Waals surface area (Å²) < 4.78 is 62.7. The molecule has 2 aliphatic heterocycles. The molecule has 0 spiro atoms. The van der Waals surface area contributed by atoms with Gasteiger partial charge in [0.05, 0.1) is 36.0 Å². The van der Waals surface area contributed by atoms with Crippen LogP contribution in [0, 0.1) is 5.92 Å². The van der Waals surface area contributed by atoms with Gasteiger partial charge in [0.1, 0.15) is 5.75 Å². The smallest absolute Gasteiger partial charge is 0.416 e. The van der Waals surface area contributed by atoms with E-state index in [-0.39, 0.29) is 49.5 Å². The predicted molar refractivity (Wildman–Crippen MR) is 190 cm³/mol. The summed E-state index contributed by atoms with van der Waals surface area (Å²) in [4.78, 5) is 31.0. The van der Waals surface area contributed by atoms with E-state index in [1.165, 1.54) is 12.1 Å². The lowest BCUT2D eigenvalue weighted by molar-refractivity contribution is -0.137. The van der Waals surface area contributed by atoms with Crippen molar-refractivity contribution < 1.29 is 46.8 Å². The number of alkyl halides is 3. The lowest BCUT2D eigenvalue weighted by Gasteiger charge is -2.36. The SMILES string of the molecule is C[C@@H]1CN([C@H](C)CO)C(=O)c2cc(NC(=O)Nc3ccc4c(c3)OCO4)ccc2O[C@@H](C)CCCCO[C@H]1CN(C)Cc1ccc(C(F)(F)F)cc1. The molecule has 3 aromatic carbocycles. The topological polar surface area (TPSA) is 122 Å². The maximum atomic E-state index is 14.4. The highest BCUT2D eigenvalue weighted by molar-refractivity contribution is 6.02. The molecule has 5 rings (SSSR count). The molecule has 3 aromatic rings. The second-order valence-corrected chi connectivity index (χ2v) is 13.5. The van der Waals surface area contributed by atoms with Gasteiger partial charge in [-0.1, -0.05) is 19.1 Å². The number of anilines is 2. The summed E-state index contributed by atoms with van der Waals surface area (Å²) in [7, 11) is 1.88. The molecule has 4 atom stereocenters. The van der Waals surface area contributed by atoms with E-state index in [4.69, 9.17) is 18.9 Å². The van der Waals surface area contributed by atoms with Crippen LogP contribution < -0.4 is 24.8 Å². The monoisotopic (exact) mass is 728 g/mol. The van der Waals surface area contributed by atoms with Crippen LogP contribution in [0.1, 0.15) is 61.5 Å². The van der Waals surface area contributed by atoms with Crippen molar-refractivity contribution in [1.82, 2.24) is 9.80 Å². The van der Waals surface area contributed by atoms with Crippen molar-refractivity contribution in [2.24, 2.45) is 5.92 Å². The normalized spacial score (nSPS) is 20.4. The van der Waals surface area contributed by atoms with E-state index in [9.17, 15) is 27.9 Å². The van der Waals surface area contributed by atoms with Crippen molar-refractivity contribution in [3.63, 3.8) is 0 Å². The third-order valence-corrected chi connectivity index (χ3v) is 9.17. The molecular formula is C38H47F3N4O7. The number of likely N-dealkylation sites (N-methyl/N-ethyl adjacent to an activating group) is 1. The number of benzene rings is 3. The number of aliphatic hydroxyl groups excluding tert-OH is 1. The quantitative estimate of drug-likeness (QED) is 0.227. The number of carbonyl (C=O) groups is 2. The number of ether oxygens (including phenoxy) is 4. The highest BCUT2D eigenvalue weighted by atomic mass is 19.4. The van der Waals surface area contributed by atoms with Gasteiger partial charge in [-0.3, -0.25) is 9.69 Å². The molecule has 0 saturated carbocycles. The first-order valence-corrected chi connectivity index (χ1v) is 17.5. The van der Waals surface area contributed by atoms with Gasteiger partial charge in [0.2, 0.25) is 6.79 Å². The van der Waals surface area contributed by atoms with Crippen molar-refractivity contribution in [2.75, 3.05) is 50.8 Å². The van der Waals surface area contributed by atoms with Gasteiger partial charge in [-0.15, -0.1) is 0 Å². The summed E-state index contributed by atoms with van der Waals surface area (Å²) in [5.41, 5.74) is 1.12. The Bertz CT molecular complexity index is 1670. The Morgan fingerprint density at radius 1 is 0.981 bits per heavy atom. The molecule has 3 N–H and O–H groups in total. The molecule has 0 unspecified atom stereocenters. The molecule has 0 saturated heterocycles. The second kappa shape index (κ2) is 17.3. The van der Waals surface area contributed by atoms with E-state index in [0.717, 1.165) is 30.5 Å². The summed E-state index contributed by atoms with van der Waals surface area (Å²) >= 11 is 0. The minimum atomic E-state index is -4.40. The molecule has 0 aliphatic carbocycles. The fourth-order valence-corrected chi connectivity index (χ4v) is 6.21. The first-order chi connectivity index (χ1) is 24.8. The number of aliphatic hydroxyl groups is 1. The molecule has 2 heterocycles. The lowest BCUT2D eigenvalue weighted by atomic mass is 10.0. The van der Waals surface area contributed by atoms with Crippen molar-refractivity contribution in [1.29, 1.82) is 0 Å². The first-order valence-electron chi connectivity index (χ1n) is 17.5. The minimum Gasteiger partial charge on any atom is -0.490 e. The fraction of sp³-hybridized carbons (Fsp3) is 0.474. The zero-order valence-corrected chi connectivity index (χ0v) is 29.9. The molecular weight excluding hydrogens is 681 g/mol. The van der Waals surface area contributed by atoms with E-state index >= 15 is 0 Å². The number of hydrogen-bond donors (Lipinski definition) is 3. The summed E-state index contributed by atoms with van der Waals surface area (Å²) in [5.74, 6) is 0.885. The van der Waals surface area contributed by atoms with Gasteiger partial charge < -0.3 is 39.6 Å². The summed E-state index contributed by atoms with van der Waals surface area (Å²) in [6, 6.07) is 14.0. The number of fused-ring (bicyclic) bond motifs is 2. The van der Waals surface area contributed by atoms with Gasteiger partial charge in [-0.05, 0) is 88.2 Å². The molecule has 0 aromatic heterocycles. The second-order valence-electron chi connectivity index (χ2n) is 13.5. The Kier molecular flexibility index (Phi) is 12.9. The maximum absolute atomic E-state index is 14.4. The van der Waals surface area contributed by atoms with Gasteiger partial charge in [0.15, 0.2) is 11.5 Å². The van der Waals surface area contributed by atoms with Crippen molar-refractivity contribution in [3.05, 3.63) is 77.4 Å². The molecule has 0 fully saturated rings. The number of hydrogen-bond acceptors (Lipinski definition) is 8. The molecule has 282 valence electrons. The van der Waals surface area contributed by atoms with Gasteiger partial charge in [-0.25, -0.2) is 4.79 Å². The largest absolute Gasteiger partial charge is 0.490 e. The van der Waals surface area contributed by atoms with Crippen LogP contribution in [0.15, 0.2) is 60.7 Å². The number of amides is 3. The zero-order chi connectivity index (χ0) is 37.4. The zero-order valence-electron chi connectivity index (χ0n) is 29.9. The first kappa shape index (κ1) is 38.7. The Morgan fingerprint density at radius 2 is 1.65 bits per heavy atom. The standard InChI is InChI=1S/C38H47F3N4O7/c1-24-19-45(25(2)22-46)36(47)31-17-29(42-37(48)43-30-13-15-33-34(18-30)51-23-50-33)12-14-32(31)52-26(3)7-5-6-16-49-35(24)21-44(4)20-27-8-10-28(11-9-27)38(39,40)41/h8-15,17-18,24-26,35,46H,5-7,16,19-23H2,1-4H3,(H2,42,43,48)/t24-,25-,26+,35+/m1/s1. The van der Waals surface area contributed by atoms with Gasteiger partial charge in [-0.2, -0.15) is 13.2 Å². The molecule has 52 heavy (non-hydrogen) atoms. The molecule has 0 radical (unpaired) electrons. The van der Waals surface area contributed by atoms with Crippen LogP contribution >= 0.6 is 0 Å². The van der Waals surface area contributed by atoms with Gasteiger partial charge in [0.25, 0.3) is 5.91 Å². The maximum Gasteiger partial charge on any atom is 0.416 e. The molecule has 0 bridgehead atoms. The van der Waals surface area contributed by atoms with Crippen molar-refractivity contribution >= 4 is 23.3 Å². The Morgan fingerprint density at radius 3 is 2.35 bits per heavy atom. The third-order valence-electron chi connectivity index (χ3n) is 9.17. The summed E-state index contributed by atoms with van der Waals surface area (Å²) in [5, 5.41) is 15.8. The van der Waals surface area contributed by atoms with E-state index in [0.29, 0.717) is 54.7 Å². The number of urea groups is 1. The highest BCUT2D eigenvalue weighted by Gasteiger charge is 2.32. The Balaban J connectivity index is 1.34. The number of carbonyl (C=O) groups excluding carboxylic acids is 2. The number of nitrogens with one attached hydrogen (secondary N) is 2. The van der Waals surface area contributed by atoms with Gasteiger partial charge in [0, 0.05) is 49.6 Å². The van der Waals surface area contributed by atoms with Crippen molar-refractivity contribution in [3.8, 4) is 17.2 Å². The van der Waals surface area contributed by atoms with Crippen LogP contribution in [0.25, 0.3) is 0 Å². The number of rotatable bonds is 8. The lowest BCUT2D eigenvalue weighted by Crippen LogP contribution is -2.47. The van der Waals surface area contributed by atoms with E-state index in [1.807, 2.05) is 25.8 Å². The third kappa shape index (κ3) is 10.3. The Hall–Kier alpha value is -4.53. The van der Waals surface area contributed by atoms with Crippen LogP contribution in [-0.2, 0) is 17.5 Å². The average molecular weight is 729 g/mol. The van der Waals surface area contributed by atoms with Crippen LogP contribution in [0.3, 0.4) is 0 Å².